The van der Waals surface area contributed by atoms with Gasteiger partial charge in [0.2, 0.25) is 11.4 Å². The van der Waals surface area contributed by atoms with Gasteiger partial charge in [-0.25, -0.2) is 4.79 Å². The molecule has 1 amide bonds. The van der Waals surface area contributed by atoms with Crippen molar-refractivity contribution in [2.75, 3.05) is 19.6 Å². The van der Waals surface area contributed by atoms with Gasteiger partial charge in [-0.2, -0.15) is 0 Å². The molecule has 0 radical (unpaired) electrons. The average Bonchev–Trinajstić information content (AvgIpc) is 2.91. The second-order valence-corrected chi connectivity index (χ2v) is 8.52. The number of likely N-dealkylation sites (tertiary alicyclic amines) is 1. The SMILES string of the molecule is COc1ccc(CN2C(=O)[C@H](CCCl)C3(C)OC(=O)C23COCc2ccccc2)cc1. The number of esters is 1. The fourth-order valence-corrected chi connectivity index (χ4v) is 4.89. The van der Waals surface area contributed by atoms with Gasteiger partial charge in [0.15, 0.2) is 5.60 Å². The lowest BCUT2D eigenvalue weighted by Crippen LogP contribution is -2.76. The van der Waals surface area contributed by atoms with Crippen LogP contribution >= 0.6 is 11.6 Å². The highest BCUT2D eigenvalue weighted by Crippen LogP contribution is 2.55. The number of halogens is 1. The maximum atomic E-state index is 13.4. The number of carbonyl (C=O) groups excluding carboxylic acids is 2. The second kappa shape index (κ2) is 8.52. The Morgan fingerprint density at radius 1 is 1.06 bits per heavy atom. The van der Waals surface area contributed by atoms with Gasteiger partial charge in [-0.15, -0.1) is 11.6 Å². The van der Waals surface area contributed by atoms with Crippen LogP contribution in [0.15, 0.2) is 54.6 Å². The predicted molar refractivity (Wildman–Crippen MR) is 116 cm³/mol. The zero-order chi connectivity index (χ0) is 22.1. The minimum Gasteiger partial charge on any atom is -0.497 e. The summed E-state index contributed by atoms with van der Waals surface area (Å²) in [6, 6.07) is 17.2. The van der Waals surface area contributed by atoms with Crippen LogP contribution in [0.5, 0.6) is 5.75 Å². The third-order valence-electron chi connectivity index (χ3n) is 6.47. The van der Waals surface area contributed by atoms with E-state index in [9.17, 15) is 9.59 Å². The molecule has 7 heteroatoms. The van der Waals surface area contributed by atoms with E-state index in [-0.39, 0.29) is 19.1 Å². The topological polar surface area (TPSA) is 65.1 Å². The van der Waals surface area contributed by atoms with Gasteiger partial charge in [0.25, 0.3) is 0 Å². The molecule has 0 aromatic heterocycles. The molecule has 2 fully saturated rings. The summed E-state index contributed by atoms with van der Waals surface area (Å²) in [6.45, 7) is 2.51. The van der Waals surface area contributed by atoms with Crippen LogP contribution in [0.25, 0.3) is 0 Å². The van der Waals surface area contributed by atoms with Crippen molar-refractivity contribution in [1.82, 2.24) is 4.90 Å². The first-order valence-electron chi connectivity index (χ1n) is 10.3. The first-order valence-corrected chi connectivity index (χ1v) is 10.8. The van der Waals surface area contributed by atoms with Crippen LogP contribution < -0.4 is 4.74 Å². The fourth-order valence-electron chi connectivity index (χ4n) is 4.67. The van der Waals surface area contributed by atoms with Crippen molar-refractivity contribution in [2.45, 2.75) is 37.6 Å². The van der Waals surface area contributed by atoms with Crippen LogP contribution in [0.2, 0.25) is 0 Å². The summed E-state index contributed by atoms with van der Waals surface area (Å²) >= 11 is 6.00. The number of amides is 1. The smallest absolute Gasteiger partial charge is 0.339 e. The Morgan fingerprint density at radius 3 is 2.39 bits per heavy atom. The fraction of sp³-hybridized carbons (Fsp3) is 0.417. The number of fused-ring (bicyclic) bond motifs is 1. The lowest BCUT2D eigenvalue weighted by molar-refractivity contribution is -0.243. The van der Waals surface area contributed by atoms with E-state index in [1.807, 2.05) is 61.5 Å². The zero-order valence-electron chi connectivity index (χ0n) is 17.7. The molecule has 164 valence electrons. The molecule has 2 aliphatic rings. The molecule has 0 spiro atoms. The number of rotatable bonds is 9. The number of hydrogen-bond donors (Lipinski definition) is 0. The molecule has 2 unspecified atom stereocenters. The van der Waals surface area contributed by atoms with Gasteiger partial charge in [-0.05, 0) is 36.6 Å². The van der Waals surface area contributed by atoms with E-state index in [0.717, 1.165) is 16.9 Å². The van der Waals surface area contributed by atoms with E-state index in [0.29, 0.717) is 18.9 Å². The molecule has 0 aliphatic carbocycles. The number of nitrogens with zero attached hydrogens (tertiary/aromatic N) is 1. The highest BCUT2D eigenvalue weighted by Gasteiger charge is 2.79. The quantitative estimate of drug-likeness (QED) is 0.438. The molecular formula is C24H26ClNO5. The molecule has 0 N–H and O–H groups in total. The van der Waals surface area contributed by atoms with Crippen molar-refractivity contribution in [3.05, 3.63) is 65.7 Å². The third-order valence-corrected chi connectivity index (χ3v) is 6.69. The van der Waals surface area contributed by atoms with Gasteiger partial charge in [-0.3, -0.25) is 4.79 Å². The summed E-state index contributed by atoms with van der Waals surface area (Å²) < 4.78 is 16.8. The highest BCUT2D eigenvalue weighted by atomic mass is 35.5. The predicted octanol–water partition coefficient (Wildman–Crippen LogP) is 3.55. The lowest BCUT2D eigenvalue weighted by atomic mass is 9.71. The van der Waals surface area contributed by atoms with Crippen molar-refractivity contribution in [2.24, 2.45) is 5.92 Å². The standard InChI is InChI=1S/C24H26ClNO5/c1-23-20(12-13-25)21(27)26(14-17-8-10-19(29-2)11-9-17)24(23,22(28)31-23)16-30-15-18-6-4-3-5-7-18/h3-11,20H,12-16H2,1-2H3/t20-,23?,24?/m0/s1. The van der Waals surface area contributed by atoms with Crippen LogP contribution in [-0.2, 0) is 32.2 Å². The Balaban J connectivity index is 1.62. The van der Waals surface area contributed by atoms with Crippen LogP contribution in [0.1, 0.15) is 24.5 Å². The van der Waals surface area contributed by atoms with Crippen LogP contribution in [0.4, 0.5) is 0 Å². The van der Waals surface area contributed by atoms with Gasteiger partial charge < -0.3 is 19.1 Å². The number of carbonyl (C=O) groups is 2. The molecule has 6 nitrogen and oxygen atoms in total. The molecule has 2 saturated heterocycles. The Bertz CT molecular complexity index is 950. The van der Waals surface area contributed by atoms with Gasteiger partial charge in [0, 0.05) is 12.4 Å². The summed E-state index contributed by atoms with van der Waals surface area (Å²) in [4.78, 5) is 28.0. The molecule has 3 atom stereocenters. The molecule has 0 saturated carbocycles. The molecule has 0 bridgehead atoms. The maximum Gasteiger partial charge on any atom is 0.339 e. The van der Waals surface area contributed by atoms with Gasteiger partial charge in [0.1, 0.15) is 5.75 Å². The van der Waals surface area contributed by atoms with Crippen LogP contribution in [0, 0.1) is 5.92 Å². The van der Waals surface area contributed by atoms with E-state index >= 15 is 0 Å². The normalized spacial score (nSPS) is 26.9. The first-order chi connectivity index (χ1) is 15.0. The minimum absolute atomic E-state index is 0.0674. The number of ether oxygens (including phenoxy) is 3. The van der Waals surface area contributed by atoms with Crippen molar-refractivity contribution in [3.63, 3.8) is 0 Å². The second-order valence-electron chi connectivity index (χ2n) is 8.14. The minimum atomic E-state index is -1.17. The highest BCUT2D eigenvalue weighted by molar-refractivity contribution is 6.18. The molecule has 31 heavy (non-hydrogen) atoms. The summed E-state index contributed by atoms with van der Waals surface area (Å²) in [5, 5.41) is 0. The average molecular weight is 444 g/mol. The number of methoxy groups -OCH3 is 1. The van der Waals surface area contributed by atoms with E-state index < -0.39 is 23.0 Å². The molecule has 2 aromatic carbocycles. The molecule has 2 aromatic rings. The van der Waals surface area contributed by atoms with Crippen molar-refractivity contribution < 1.29 is 23.8 Å². The summed E-state index contributed by atoms with van der Waals surface area (Å²) in [6.07, 6.45) is 0.434. The van der Waals surface area contributed by atoms with Gasteiger partial charge >= 0.3 is 5.97 Å². The molecular weight excluding hydrogens is 418 g/mol. The lowest BCUT2D eigenvalue weighted by Gasteiger charge is -2.53. The largest absolute Gasteiger partial charge is 0.497 e. The Hall–Kier alpha value is -2.57. The Labute approximate surface area is 187 Å². The Morgan fingerprint density at radius 2 is 1.77 bits per heavy atom. The van der Waals surface area contributed by atoms with E-state index in [1.54, 1.807) is 12.0 Å². The van der Waals surface area contributed by atoms with Crippen molar-refractivity contribution in [3.8, 4) is 5.75 Å². The van der Waals surface area contributed by atoms with Crippen LogP contribution in [-0.4, -0.2) is 47.5 Å². The Kier molecular flexibility index (Phi) is 5.95. The number of alkyl halides is 1. The zero-order valence-corrected chi connectivity index (χ0v) is 18.4. The molecule has 2 heterocycles. The maximum absolute atomic E-state index is 13.4. The van der Waals surface area contributed by atoms with Crippen molar-refractivity contribution >= 4 is 23.5 Å². The third kappa shape index (κ3) is 3.48. The van der Waals surface area contributed by atoms with Gasteiger partial charge in [0.05, 0.1) is 26.2 Å². The van der Waals surface area contributed by atoms with E-state index in [4.69, 9.17) is 25.8 Å². The summed E-state index contributed by atoms with van der Waals surface area (Å²) in [7, 11) is 1.60. The first kappa shape index (κ1) is 21.7. The van der Waals surface area contributed by atoms with Crippen molar-refractivity contribution in [1.29, 1.82) is 0 Å². The summed E-state index contributed by atoms with van der Waals surface area (Å²) in [5.74, 6) is -0.0253. The van der Waals surface area contributed by atoms with Gasteiger partial charge in [-0.1, -0.05) is 42.5 Å². The monoisotopic (exact) mass is 443 g/mol. The molecule has 4 rings (SSSR count). The summed E-state index contributed by atoms with van der Waals surface area (Å²) in [5.41, 5.74) is -0.254. The number of hydrogen-bond acceptors (Lipinski definition) is 5. The van der Waals surface area contributed by atoms with E-state index in [1.165, 1.54) is 0 Å². The molecule has 2 aliphatic heterocycles. The number of benzene rings is 2. The van der Waals surface area contributed by atoms with E-state index in [2.05, 4.69) is 0 Å². The van der Waals surface area contributed by atoms with Crippen LogP contribution in [0.3, 0.4) is 0 Å².